The van der Waals surface area contributed by atoms with Gasteiger partial charge in [-0.25, -0.2) is 4.98 Å². The Morgan fingerprint density at radius 3 is 2.75 bits per heavy atom. The molecular weight excluding hydrogens is 290 g/mol. The third-order valence-electron chi connectivity index (χ3n) is 2.92. The van der Waals surface area contributed by atoms with Gasteiger partial charge in [0.25, 0.3) is 0 Å². The summed E-state index contributed by atoms with van der Waals surface area (Å²) < 4.78 is 2.06. The number of hydrogen-bond acceptors (Lipinski definition) is 4. The third-order valence-corrected chi connectivity index (χ3v) is 4.58. The molecule has 20 heavy (non-hydrogen) atoms. The van der Waals surface area contributed by atoms with Gasteiger partial charge >= 0.3 is 0 Å². The van der Waals surface area contributed by atoms with Gasteiger partial charge in [0.1, 0.15) is 0 Å². The highest BCUT2D eigenvalue weighted by atomic mass is 32.1. The van der Waals surface area contributed by atoms with Gasteiger partial charge in [0.2, 0.25) is 5.91 Å². The van der Waals surface area contributed by atoms with Crippen molar-refractivity contribution in [1.29, 1.82) is 0 Å². The fourth-order valence-electron chi connectivity index (χ4n) is 2.02. The summed E-state index contributed by atoms with van der Waals surface area (Å²) in [6.45, 7) is 0. The molecule has 0 saturated heterocycles. The van der Waals surface area contributed by atoms with Crippen molar-refractivity contribution in [3.05, 3.63) is 58.5 Å². The monoisotopic (exact) mass is 303 g/mol. The van der Waals surface area contributed by atoms with Gasteiger partial charge in [0.15, 0.2) is 5.13 Å². The van der Waals surface area contributed by atoms with Crippen molar-refractivity contribution in [3.8, 4) is 0 Å². The van der Waals surface area contributed by atoms with Crippen LogP contribution in [-0.2, 0) is 4.79 Å². The maximum Gasteiger partial charge on any atom is 0.228 e. The Balaban J connectivity index is 1.75. The van der Waals surface area contributed by atoms with E-state index in [1.54, 1.807) is 17.5 Å². The quantitative estimate of drug-likeness (QED) is 0.782. The number of anilines is 1. The Morgan fingerprint density at radius 2 is 2.10 bits per heavy atom. The minimum atomic E-state index is -0.0213. The Bertz CT molecular complexity index is 610. The number of carbonyl (C=O) groups is 1. The Kier molecular flexibility index (Phi) is 3.94. The maximum absolute atomic E-state index is 12.2. The lowest BCUT2D eigenvalue weighted by Crippen LogP contribution is -2.18. The van der Waals surface area contributed by atoms with Crippen LogP contribution in [-0.4, -0.2) is 15.5 Å². The number of amides is 1. The molecule has 1 N–H and O–H groups in total. The highest BCUT2D eigenvalue weighted by Crippen LogP contribution is 2.27. The van der Waals surface area contributed by atoms with Gasteiger partial charge in [-0.15, -0.1) is 22.7 Å². The lowest BCUT2D eigenvalue weighted by atomic mass is 10.1. The molecule has 3 aromatic rings. The summed E-state index contributed by atoms with van der Waals surface area (Å²) in [6.07, 6.45) is 6.06. The predicted molar refractivity (Wildman–Crippen MR) is 82.3 cm³/mol. The summed E-state index contributed by atoms with van der Waals surface area (Å²) >= 11 is 3.09. The summed E-state index contributed by atoms with van der Waals surface area (Å²) in [7, 11) is 0. The van der Waals surface area contributed by atoms with Crippen molar-refractivity contribution in [2.24, 2.45) is 0 Å². The molecule has 3 heterocycles. The highest BCUT2D eigenvalue weighted by Gasteiger charge is 2.18. The van der Waals surface area contributed by atoms with Gasteiger partial charge in [-0.05, 0) is 23.6 Å². The molecule has 0 aliphatic heterocycles. The third kappa shape index (κ3) is 2.97. The number of nitrogens with one attached hydrogen (secondary N) is 1. The molecular formula is C14H13N3OS2. The second kappa shape index (κ2) is 6.02. The normalized spacial score (nSPS) is 12.2. The lowest BCUT2D eigenvalue weighted by molar-refractivity contribution is -0.116. The van der Waals surface area contributed by atoms with E-state index in [1.165, 1.54) is 16.2 Å². The van der Waals surface area contributed by atoms with Crippen LogP contribution in [0.5, 0.6) is 0 Å². The first kappa shape index (κ1) is 13.1. The summed E-state index contributed by atoms with van der Waals surface area (Å²) in [5.74, 6) is -0.0213. The van der Waals surface area contributed by atoms with Crippen LogP contribution in [0, 0.1) is 0 Å². The van der Waals surface area contributed by atoms with E-state index < -0.39 is 0 Å². The van der Waals surface area contributed by atoms with Crippen LogP contribution in [0.1, 0.15) is 17.3 Å². The molecule has 102 valence electrons. The lowest BCUT2D eigenvalue weighted by Gasteiger charge is -2.17. The largest absolute Gasteiger partial charge is 0.346 e. The molecule has 0 saturated carbocycles. The fourth-order valence-corrected chi connectivity index (χ4v) is 3.40. The number of rotatable bonds is 5. The topological polar surface area (TPSA) is 46.9 Å². The highest BCUT2D eigenvalue weighted by molar-refractivity contribution is 7.13. The molecule has 0 spiro atoms. The van der Waals surface area contributed by atoms with E-state index in [0.717, 1.165) is 0 Å². The van der Waals surface area contributed by atoms with Crippen LogP contribution in [0.3, 0.4) is 0 Å². The van der Waals surface area contributed by atoms with Crippen molar-refractivity contribution in [2.45, 2.75) is 12.5 Å². The maximum atomic E-state index is 12.2. The van der Waals surface area contributed by atoms with Crippen molar-refractivity contribution in [1.82, 2.24) is 9.55 Å². The van der Waals surface area contributed by atoms with Crippen LogP contribution in [0.15, 0.2) is 53.6 Å². The van der Waals surface area contributed by atoms with Crippen molar-refractivity contribution >= 4 is 33.7 Å². The van der Waals surface area contributed by atoms with Gasteiger partial charge < -0.3 is 9.88 Å². The van der Waals surface area contributed by atoms with Gasteiger partial charge in [-0.2, -0.15) is 0 Å². The van der Waals surface area contributed by atoms with Gasteiger partial charge in [-0.1, -0.05) is 6.07 Å². The molecule has 3 rings (SSSR count). The summed E-state index contributed by atoms with van der Waals surface area (Å²) in [5.41, 5.74) is 0. The zero-order valence-corrected chi connectivity index (χ0v) is 12.2. The van der Waals surface area contributed by atoms with E-state index in [4.69, 9.17) is 0 Å². The number of thiophene rings is 1. The SMILES string of the molecule is O=C(C[C@@H](c1cccs1)n1cccc1)Nc1nccs1. The molecule has 0 unspecified atom stereocenters. The molecule has 0 aromatic carbocycles. The first-order chi connectivity index (χ1) is 9.83. The number of nitrogens with zero attached hydrogens (tertiary/aromatic N) is 2. The van der Waals surface area contributed by atoms with E-state index in [-0.39, 0.29) is 11.9 Å². The molecule has 1 atom stereocenters. The van der Waals surface area contributed by atoms with Crippen LogP contribution in [0.2, 0.25) is 0 Å². The van der Waals surface area contributed by atoms with Crippen LogP contribution < -0.4 is 5.32 Å². The molecule has 0 radical (unpaired) electrons. The van der Waals surface area contributed by atoms with Crippen LogP contribution in [0.4, 0.5) is 5.13 Å². The smallest absolute Gasteiger partial charge is 0.228 e. The van der Waals surface area contributed by atoms with Crippen LogP contribution in [0.25, 0.3) is 0 Å². The zero-order chi connectivity index (χ0) is 13.8. The first-order valence-corrected chi connectivity index (χ1v) is 7.94. The number of hydrogen-bond donors (Lipinski definition) is 1. The molecule has 0 aliphatic carbocycles. The average Bonchev–Trinajstić information content (AvgIpc) is 3.18. The summed E-state index contributed by atoms with van der Waals surface area (Å²) in [5, 5.41) is 7.36. The molecule has 6 heteroatoms. The number of thiazole rings is 1. The van der Waals surface area contributed by atoms with E-state index >= 15 is 0 Å². The van der Waals surface area contributed by atoms with Gasteiger partial charge in [-0.3, -0.25) is 4.79 Å². The fraction of sp³-hybridized carbons (Fsp3) is 0.143. The molecule has 3 aromatic heterocycles. The van der Waals surface area contributed by atoms with Crippen molar-refractivity contribution in [3.63, 3.8) is 0 Å². The minimum Gasteiger partial charge on any atom is -0.346 e. The second-order valence-corrected chi connectivity index (χ2v) is 6.12. The van der Waals surface area contributed by atoms with Gasteiger partial charge in [0.05, 0.1) is 12.5 Å². The Labute approximate surface area is 124 Å². The minimum absolute atomic E-state index is 0.0213. The molecule has 0 fully saturated rings. The predicted octanol–water partition coefficient (Wildman–Crippen LogP) is 3.62. The van der Waals surface area contributed by atoms with E-state index in [9.17, 15) is 4.79 Å². The van der Waals surface area contributed by atoms with Crippen LogP contribution >= 0.6 is 22.7 Å². The molecule has 4 nitrogen and oxygen atoms in total. The average molecular weight is 303 g/mol. The standard InChI is InChI=1S/C14H13N3OS2/c18-13(16-14-15-5-9-20-14)10-11(12-4-3-8-19-12)17-6-1-2-7-17/h1-9,11H,10H2,(H,15,16,18)/t11-/m0/s1. The van der Waals surface area contributed by atoms with Crippen molar-refractivity contribution in [2.75, 3.05) is 5.32 Å². The Morgan fingerprint density at radius 1 is 1.25 bits per heavy atom. The molecule has 0 bridgehead atoms. The number of carbonyl (C=O) groups excluding carboxylic acids is 1. The second-order valence-electron chi connectivity index (χ2n) is 4.25. The summed E-state index contributed by atoms with van der Waals surface area (Å²) in [4.78, 5) is 17.4. The Hall–Kier alpha value is -1.92. The zero-order valence-electron chi connectivity index (χ0n) is 10.6. The van der Waals surface area contributed by atoms with Gasteiger partial charge in [0, 0.05) is 28.8 Å². The summed E-state index contributed by atoms with van der Waals surface area (Å²) in [6, 6.07) is 8.05. The van der Waals surface area contributed by atoms with E-state index in [2.05, 4.69) is 20.9 Å². The molecule has 1 amide bonds. The van der Waals surface area contributed by atoms with Crippen molar-refractivity contribution < 1.29 is 4.79 Å². The number of aromatic nitrogens is 2. The molecule has 0 aliphatic rings. The van der Waals surface area contributed by atoms with E-state index in [0.29, 0.717) is 11.6 Å². The van der Waals surface area contributed by atoms with E-state index in [1.807, 2.05) is 41.4 Å². The first-order valence-electron chi connectivity index (χ1n) is 6.18.